The van der Waals surface area contributed by atoms with Gasteiger partial charge in [0.05, 0.1) is 6.61 Å². The molecule has 0 aromatic rings. The molecule has 120 valence electrons. The second kappa shape index (κ2) is 8.49. The van der Waals surface area contributed by atoms with E-state index in [9.17, 15) is 19.9 Å². The monoisotopic (exact) mass is 360 g/mol. The summed E-state index contributed by atoms with van der Waals surface area (Å²) in [4.78, 5) is 17.0. The predicted molar refractivity (Wildman–Crippen MR) is 50.5 cm³/mol. The fraction of sp³-hybridized carbons (Fsp3) is 1.00. The Morgan fingerprint density at radius 3 is 1.90 bits per heavy atom. The molecule has 0 bridgehead atoms. The van der Waals surface area contributed by atoms with Crippen LogP contribution in [0.15, 0.2) is 0 Å². The van der Waals surface area contributed by atoms with Crippen LogP contribution in [0.4, 0.5) is 0 Å². The number of rotatable bonds is 3. The summed E-state index contributed by atoms with van der Waals surface area (Å²) in [6, 6.07) is 0. The molecule has 0 unspecified atom stereocenters. The molecule has 12 nitrogen and oxygen atoms in total. The molecule has 5 atom stereocenters. The third-order valence-corrected chi connectivity index (χ3v) is 2.57. The van der Waals surface area contributed by atoms with Gasteiger partial charge in [-0.1, -0.05) is 0 Å². The summed E-state index contributed by atoms with van der Waals surface area (Å²) in [5, 5.41) is 36.6. The number of phosphoric ester groups is 1. The van der Waals surface area contributed by atoms with Crippen molar-refractivity contribution in [3.05, 3.63) is 0 Å². The van der Waals surface area contributed by atoms with E-state index in [1.807, 2.05) is 0 Å². The Balaban J connectivity index is 0.000000796. The minimum atomic E-state index is -4.91. The van der Waals surface area contributed by atoms with Crippen LogP contribution < -0.4 is 0 Å². The number of phosphoric acid groups is 1. The van der Waals surface area contributed by atoms with E-state index in [-0.39, 0.29) is 0 Å². The van der Waals surface area contributed by atoms with E-state index in [1.54, 1.807) is 0 Å². The van der Waals surface area contributed by atoms with Crippen LogP contribution in [-0.4, -0.2) is 71.6 Å². The number of hydrogen-bond donors (Lipinski definition) is 7. The first-order valence-corrected chi connectivity index (χ1v) is 8.17. The molecule has 0 spiro atoms. The Morgan fingerprint density at radius 1 is 1.10 bits per heavy atom. The minimum absolute atomic E-state index is 0.702. The van der Waals surface area contributed by atoms with Crippen LogP contribution in [0.2, 0.25) is 0 Å². The fourth-order valence-corrected chi connectivity index (χ4v) is 1.73. The first kappa shape index (κ1) is 20.1. The van der Waals surface area contributed by atoms with Gasteiger partial charge in [-0.3, -0.25) is 4.52 Å². The zero-order valence-corrected chi connectivity index (χ0v) is 12.0. The summed E-state index contributed by atoms with van der Waals surface area (Å²) < 4.78 is 43.7. The van der Waals surface area contributed by atoms with Gasteiger partial charge in [0.25, 0.3) is 0 Å². The molecule has 1 aliphatic rings. The van der Waals surface area contributed by atoms with Gasteiger partial charge in [0.15, 0.2) is 6.29 Å². The molecule has 20 heavy (non-hydrogen) atoms. The van der Waals surface area contributed by atoms with Crippen molar-refractivity contribution in [3.63, 3.8) is 0 Å². The Bertz CT molecular complexity index is 395. The molecular weight excluding hydrogens is 346 g/mol. The van der Waals surface area contributed by atoms with E-state index >= 15 is 0 Å². The predicted octanol–water partition coefficient (Wildman–Crippen LogP) is -3.90. The van der Waals surface area contributed by atoms with Crippen molar-refractivity contribution >= 4 is 7.82 Å². The second-order valence-corrected chi connectivity index (χ2v) is 5.47. The Hall–Kier alpha value is 0.0544. The number of aliphatic hydroxyl groups is 4. The summed E-state index contributed by atoms with van der Waals surface area (Å²) in [5.41, 5.74) is 0. The van der Waals surface area contributed by atoms with Gasteiger partial charge < -0.3 is 34.9 Å². The van der Waals surface area contributed by atoms with E-state index in [2.05, 4.69) is 9.26 Å². The standard InChI is InChI=1S/C6H13O9P.H2O.2O.V/c7-1-2-3(8)4(9)5(10)6(14-2)15-16(11,12)13;;;;/h2-10H,1H2,(H2,11,12,13);1H2;;;/q;;;;+1/p-1/t2-,3-,4+,5-,6+;;;;/m0..../s1. The normalized spacial score (nSPS) is 34.0. The Labute approximate surface area is 116 Å². The molecule has 0 aliphatic carbocycles. The van der Waals surface area contributed by atoms with Crippen molar-refractivity contribution in [1.29, 1.82) is 0 Å². The molecule has 0 amide bonds. The zero-order valence-electron chi connectivity index (χ0n) is 9.66. The van der Waals surface area contributed by atoms with Crippen molar-refractivity contribution in [2.45, 2.75) is 30.7 Å². The number of aliphatic hydroxyl groups excluding tert-OH is 4. The molecule has 1 rings (SSSR count). The summed E-state index contributed by atoms with van der Waals surface area (Å²) in [5.74, 6) is 0. The molecule has 1 heterocycles. The summed E-state index contributed by atoms with van der Waals surface area (Å²) in [6.45, 7) is -0.702. The van der Waals surface area contributed by atoms with Crippen LogP contribution >= 0.6 is 7.82 Å². The van der Waals surface area contributed by atoms with E-state index in [0.717, 1.165) is 0 Å². The molecule has 14 heteroatoms. The van der Waals surface area contributed by atoms with E-state index in [4.69, 9.17) is 26.3 Å². The van der Waals surface area contributed by atoms with Crippen LogP contribution in [0.25, 0.3) is 0 Å². The van der Waals surface area contributed by atoms with E-state index in [0.29, 0.717) is 0 Å². The molecule has 0 saturated carbocycles. The Kier molecular flexibility index (Phi) is 8.51. The van der Waals surface area contributed by atoms with Crippen molar-refractivity contribution in [2.75, 3.05) is 6.61 Å². The van der Waals surface area contributed by atoms with Crippen molar-refractivity contribution in [3.8, 4) is 0 Å². The van der Waals surface area contributed by atoms with Gasteiger partial charge in [0, 0.05) is 0 Å². The van der Waals surface area contributed by atoms with Gasteiger partial charge in [-0.05, 0) is 0 Å². The van der Waals surface area contributed by atoms with E-state index in [1.165, 1.54) is 0 Å². The van der Waals surface area contributed by atoms with Crippen molar-refractivity contribution < 1.29 is 70.8 Å². The average Bonchev–Trinajstić information content (AvgIpc) is 2.27. The van der Waals surface area contributed by atoms with Crippen LogP contribution in [0, 0.1) is 0 Å². The van der Waals surface area contributed by atoms with Gasteiger partial charge >= 0.3 is 34.6 Å². The molecular formula is C6H14O12PV. The summed E-state index contributed by atoms with van der Waals surface area (Å²) in [6.07, 6.45) is -8.25. The molecule has 1 fully saturated rings. The van der Waals surface area contributed by atoms with Gasteiger partial charge in [-0.15, -0.1) is 0 Å². The van der Waals surface area contributed by atoms with Crippen molar-refractivity contribution in [2.24, 2.45) is 0 Å². The van der Waals surface area contributed by atoms with Crippen LogP contribution in [0.5, 0.6) is 0 Å². The van der Waals surface area contributed by atoms with Crippen LogP contribution in [-0.2, 0) is 36.6 Å². The molecule has 0 radical (unpaired) electrons. The van der Waals surface area contributed by atoms with Crippen LogP contribution in [0.3, 0.4) is 0 Å². The molecule has 1 aliphatic heterocycles. The molecule has 7 N–H and O–H groups in total. The maximum absolute atomic E-state index is 10.5. The van der Waals surface area contributed by atoms with Gasteiger partial charge in [-0.2, -0.15) is 0 Å². The third kappa shape index (κ3) is 7.17. The van der Waals surface area contributed by atoms with Crippen molar-refractivity contribution in [1.82, 2.24) is 0 Å². The maximum atomic E-state index is 10.5. The third-order valence-electron chi connectivity index (χ3n) is 2.09. The summed E-state index contributed by atoms with van der Waals surface area (Å²) >= 11 is -3.69. The fourth-order valence-electron chi connectivity index (χ4n) is 1.29. The Morgan fingerprint density at radius 2 is 1.55 bits per heavy atom. The van der Waals surface area contributed by atoms with Gasteiger partial charge in [-0.25, -0.2) is 4.57 Å². The average molecular weight is 360 g/mol. The second-order valence-electron chi connectivity index (χ2n) is 3.53. The quantitative estimate of drug-likeness (QED) is 0.241. The van der Waals surface area contributed by atoms with Crippen LogP contribution in [0.1, 0.15) is 0 Å². The first-order chi connectivity index (χ1) is 8.99. The van der Waals surface area contributed by atoms with Gasteiger partial charge in [0.2, 0.25) is 0 Å². The van der Waals surface area contributed by atoms with Gasteiger partial charge in [0.1, 0.15) is 24.4 Å². The molecule has 0 aromatic carbocycles. The molecule has 1 saturated heterocycles. The first-order valence-electron chi connectivity index (χ1n) is 4.87. The number of hydrogen-bond acceptors (Lipinski definition) is 9. The molecule has 0 aromatic heterocycles. The zero-order chi connectivity index (χ0) is 16.1. The number of ether oxygens (including phenoxy) is 1. The topological polar surface area (TPSA) is 211 Å². The summed E-state index contributed by atoms with van der Waals surface area (Å²) in [7, 11) is -4.91. The van der Waals surface area contributed by atoms with E-state index < -0.39 is 60.5 Å². The SMILES string of the molecule is O=P(O)(O)O[C@H]1O[C@@H](CO)[C@H](O)[C@@H](O)[C@@H]1O.[O]=[V](=[O])[OH].